The fourth-order valence-corrected chi connectivity index (χ4v) is 3.46. The van der Waals surface area contributed by atoms with Crippen LogP contribution in [-0.4, -0.2) is 18.9 Å². The van der Waals surface area contributed by atoms with Crippen LogP contribution in [0.2, 0.25) is 0 Å². The van der Waals surface area contributed by atoms with Crippen molar-refractivity contribution in [3.8, 4) is 0 Å². The Labute approximate surface area is 118 Å². The highest BCUT2D eigenvalue weighted by Gasteiger charge is 2.39. The molecule has 0 radical (unpaired) electrons. The topological polar surface area (TPSA) is 43.4 Å². The van der Waals surface area contributed by atoms with Crippen LogP contribution in [0.25, 0.3) is 0 Å². The Morgan fingerprint density at radius 1 is 1.37 bits per heavy atom. The van der Waals surface area contributed by atoms with Crippen molar-refractivity contribution in [2.75, 3.05) is 7.11 Å². The van der Waals surface area contributed by atoms with E-state index in [1.807, 2.05) is 0 Å². The van der Waals surface area contributed by atoms with Crippen LogP contribution in [0.4, 0.5) is 0 Å². The van der Waals surface area contributed by atoms with Gasteiger partial charge in [0.25, 0.3) is 0 Å². The third kappa shape index (κ3) is 2.62. The van der Waals surface area contributed by atoms with Crippen molar-refractivity contribution in [3.05, 3.63) is 22.8 Å². The number of methoxy groups -OCH3 is 1. The first-order chi connectivity index (χ1) is 8.95. The molecule has 3 atom stereocenters. The van der Waals surface area contributed by atoms with Gasteiger partial charge in [-0.2, -0.15) is 0 Å². The minimum atomic E-state index is -0.364. The third-order valence-corrected chi connectivity index (χ3v) is 4.90. The SMILES string of the molecule is C=C(C(=O)OC)[C@H]1CC[C@H](C)[C@@H]2CC(=O)C(Cl)=C2C1. The number of halogens is 1. The zero-order chi connectivity index (χ0) is 14.2. The molecule has 0 amide bonds. The summed E-state index contributed by atoms with van der Waals surface area (Å²) in [6.45, 7) is 6.00. The normalized spacial score (nSPS) is 30.9. The number of esters is 1. The second kappa shape index (κ2) is 5.49. The van der Waals surface area contributed by atoms with E-state index in [4.69, 9.17) is 16.3 Å². The number of rotatable bonds is 2. The van der Waals surface area contributed by atoms with Crippen molar-refractivity contribution >= 4 is 23.4 Å². The second-order valence-electron chi connectivity index (χ2n) is 5.55. The van der Waals surface area contributed by atoms with Crippen molar-refractivity contribution < 1.29 is 14.3 Å². The number of allylic oxidation sites excluding steroid dienone is 2. The monoisotopic (exact) mass is 282 g/mol. The molecule has 0 aromatic heterocycles. The maximum Gasteiger partial charge on any atom is 0.333 e. The van der Waals surface area contributed by atoms with Crippen LogP contribution in [-0.2, 0) is 14.3 Å². The predicted molar refractivity (Wildman–Crippen MR) is 73.7 cm³/mol. The van der Waals surface area contributed by atoms with E-state index in [9.17, 15) is 9.59 Å². The molecule has 2 aliphatic rings. The largest absolute Gasteiger partial charge is 0.466 e. The second-order valence-corrected chi connectivity index (χ2v) is 5.92. The van der Waals surface area contributed by atoms with E-state index in [0.29, 0.717) is 29.4 Å². The summed E-state index contributed by atoms with van der Waals surface area (Å²) in [5.41, 5.74) is 1.51. The highest BCUT2D eigenvalue weighted by atomic mass is 35.5. The average molecular weight is 283 g/mol. The van der Waals surface area contributed by atoms with Gasteiger partial charge in [-0.25, -0.2) is 4.79 Å². The molecule has 0 heterocycles. The van der Waals surface area contributed by atoms with Gasteiger partial charge in [0, 0.05) is 12.0 Å². The zero-order valence-corrected chi connectivity index (χ0v) is 12.1. The minimum absolute atomic E-state index is 0.0366. The molecule has 4 heteroatoms. The Morgan fingerprint density at radius 2 is 2.05 bits per heavy atom. The molecule has 0 aromatic carbocycles. The van der Waals surface area contributed by atoms with Crippen molar-refractivity contribution in [1.29, 1.82) is 0 Å². The van der Waals surface area contributed by atoms with Crippen molar-refractivity contribution in [3.63, 3.8) is 0 Å². The highest BCUT2D eigenvalue weighted by molar-refractivity contribution is 6.43. The van der Waals surface area contributed by atoms with E-state index in [2.05, 4.69) is 13.5 Å². The number of ether oxygens (including phenoxy) is 1. The summed E-state index contributed by atoms with van der Waals surface area (Å²) in [5, 5.41) is 0.390. The van der Waals surface area contributed by atoms with Crippen molar-refractivity contribution in [2.24, 2.45) is 17.8 Å². The van der Waals surface area contributed by atoms with Gasteiger partial charge in [0.05, 0.1) is 12.1 Å². The predicted octanol–water partition coefficient (Wildman–Crippen LogP) is 3.23. The lowest BCUT2D eigenvalue weighted by molar-refractivity contribution is -0.136. The first-order valence-corrected chi connectivity index (χ1v) is 7.02. The summed E-state index contributed by atoms with van der Waals surface area (Å²) in [6, 6.07) is 0. The van der Waals surface area contributed by atoms with Gasteiger partial charge in [-0.3, -0.25) is 4.79 Å². The third-order valence-electron chi connectivity index (χ3n) is 4.44. The Morgan fingerprint density at radius 3 is 2.68 bits per heavy atom. The number of fused-ring (bicyclic) bond motifs is 1. The van der Waals surface area contributed by atoms with Gasteiger partial charge in [0.2, 0.25) is 0 Å². The number of Topliss-reactive ketones (excluding diaryl/α,β-unsaturated/α-hetero) is 1. The lowest BCUT2D eigenvalue weighted by atomic mass is 9.87. The molecule has 2 rings (SSSR count). The van der Waals surface area contributed by atoms with E-state index in [1.165, 1.54) is 7.11 Å². The maximum atomic E-state index is 11.8. The molecule has 0 saturated heterocycles. The van der Waals surface area contributed by atoms with Gasteiger partial charge >= 0.3 is 5.97 Å². The van der Waals surface area contributed by atoms with Gasteiger partial charge in [0.15, 0.2) is 5.78 Å². The van der Waals surface area contributed by atoms with Gasteiger partial charge in [-0.15, -0.1) is 0 Å². The molecule has 0 N–H and O–H groups in total. The molecule has 104 valence electrons. The minimum Gasteiger partial charge on any atom is -0.466 e. The molecular weight excluding hydrogens is 264 g/mol. The molecule has 0 unspecified atom stereocenters. The molecule has 0 spiro atoms. The summed E-state index contributed by atoms with van der Waals surface area (Å²) >= 11 is 6.14. The van der Waals surface area contributed by atoms with Crippen LogP contribution in [0.3, 0.4) is 0 Å². The number of carbonyl (C=O) groups is 2. The van der Waals surface area contributed by atoms with Crippen LogP contribution < -0.4 is 0 Å². The standard InChI is InChI=1S/C15H19ClO3/c1-8-4-5-10(9(2)15(18)19-3)6-12-11(8)7-13(17)14(12)16/h8,10-11H,2,4-7H2,1,3H3/t8-,10-,11-/m0/s1. The number of hydrogen-bond acceptors (Lipinski definition) is 3. The van der Waals surface area contributed by atoms with E-state index >= 15 is 0 Å². The Balaban J connectivity index is 2.25. The van der Waals surface area contributed by atoms with Gasteiger partial charge in [0.1, 0.15) is 0 Å². The van der Waals surface area contributed by atoms with Crippen LogP contribution in [0.5, 0.6) is 0 Å². The van der Waals surface area contributed by atoms with Crippen LogP contribution in [0.1, 0.15) is 32.6 Å². The quantitative estimate of drug-likeness (QED) is 0.577. The van der Waals surface area contributed by atoms with Crippen LogP contribution >= 0.6 is 11.6 Å². The molecule has 0 aromatic rings. The molecule has 2 aliphatic carbocycles. The first-order valence-electron chi connectivity index (χ1n) is 6.64. The Kier molecular flexibility index (Phi) is 4.14. The smallest absolute Gasteiger partial charge is 0.333 e. The van der Waals surface area contributed by atoms with Gasteiger partial charge in [-0.1, -0.05) is 25.1 Å². The van der Waals surface area contributed by atoms with Crippen LogP contribution in [0, 0.1) is 17.8 Å². The zero-order valence-electron chi connectivity index (χ0n) is 11.4. The number of ketones is 1. The fourth-order valence-electron chi connectivity index (χ4n) is 3.17. The summed E-state index contributed by atoms with van der Waals surface area (Å²) in [5.74, 6) is 0.380. The number of hydrogen-bond donors (Lipinski definition) is 0. The van der Waals surface area contributed by atoms with E-state index in [0.717, 1.165) is 18.4 Å². The van der Waals surface area contributed by atoms with E-state index in [-0.39, 0.29) is 23.6 Å². The molecule has 0 bridgehead atoms. The summed E-state index contributed by atoms with van der Waals surface area (Å²) < 4.78 is 4.74. The molecule has 0 aliphatic heterocycles. The molecular formula is C15H19ClO3. The van der Waals surface area contributed by atoms with Crippen molar-refractivity contribution in [2.45, 2.75) is 32.6 Å². The van der Waals surface area contributed by atoms with E-state index < -0.39 is 0 Å². The highest BCUT2D eigenvalue weighted by Crippen LogP contribution is 2.46. The lowest BCUT2D eigenvalue weighted by Crippen LogP contribution is -2.14. The molecule has 1 saturated carbocycles. The maximum absolute atomic E-state index is 11.8. The Hall–Kier alpha value is -1.09. The number of carbonyl (C=O) groups excluding carboxylic acids is 2. The van der Waals surface area contributed by atoms with Crippen LogP contribution in [0.15, 0.2) is 22.8 Å². The molecule has 3 nitrogen and oxygen atoms in total. The molecule has 1 fully saturated rings. The van der Waals surface area contributed by atoms with Gasteiger partial charge in [-0.05, 0) is 42.6 Å². The fraction of sp³-hybridized carbons (Fsp3) is 0.600. The lowest BCUT2D eigenvalue weighted by Gasteiger charge is -2.18. The van der Waals surface area contributed by atoms with Gasteiger partial charge < -0.3 is 4.74 Å². The summed E-state index contributed by atoms with van der Waals surface area (Å²) in [4.78, 5) is 23.4. The Bertz CT molecular complexity index is 464. The summed E-state index contributed by atoms with van der Waals surface area (Å²) in [7, 11) is 1.36. The van der Waals surface area contributed by atoms with E-state index in [1.54, 1.807) is 0 Å². The average Bonchev–Trinajstić information content (AvgIpc) is 2.59. The first kappa shape index (κ1) is 14.3. The van der Waals surface area contributed by atoms with Crippen molar-refractivity contribution in [1.82, 2.24) is 0 Å². The summed E-state index contributed by atoms with van der Waals surface area (Å²) in [6.07, 6.45) is 3.06. The molecule has 19 heavy (non-hydrogen) atoms.